The standard InChI is InChI=1S/C24H19ClN2O4S/c1-4-30-16-9-10-17-18(11-16)31-22-19(21(17)28)20(14-5-7-15(25)8-6-14)27(23(22)29)24-26-12(2)13(3)32-24/h5-11,20H,4H2,1-3H3. The predicted molar refractivity (Wildman–Crippen MR) is 125 cm³/mol. The quantitative estimate of drug-likeness (QED) is 0.387. The number of rotatable bonds is 4. The monoisotopic (exact) mass is 466 g/mol. The lowest BCUT2D eigenvalue weighted by atomic mass is 9.99. The number of anilines is 1. The van der Waals surface area contributed by atoms with E-state index in [0.29, 0.717) is 39.0 Å². The van der Waals surface area contributed by atoms with Gasteiger partial charge in [-0.3, -0.25) is 14.5 Å². The number of aromatic nitrogens is 1. The van der Waals surface area contributed by atoms with Gasteiger partial charge in [0.05, 0.1) is 29.3 Å². The first-order valence-corrected chi connectivity index (χ1v) is 11.3. The van der Waals surface area contributed by atoms with Crippen LogP contribution in [0.25, 0.3) is 11.0 Å². The van der Waals surface area contributed by atoms with Crippen molar-refractivity contribution in [2.45, 2.75) is 26.8 Å². The molecule has 1 aliphatic rings. The lowest BCUT2D eigenvalue weighted by Gasteiger charge is -2.22. The number of carbonyl (C=O) groups is 1. The molecule has 0 bridgehead atoms. The third-order valence-electron chi connectivity index (χ3n) is 5.56. The largest absolute Gasteiger partial charge is 0.494 e. The lowest BCUT2D eigenvalue weighted by Crippen LogP contribution is -2.29. The third-order valence-corrected chi connectivity index (χ3v) is 6.89. The van der Waals surface area contributed by atoms with Crippen LogP contribution in [0, 0.1) is 13.8 Å². The Hall–Kier alpha value is -3.16. The number of amides is 1. The molecule has 1 atom stereocenters. The number of fused-ring (bicyclic) bond motifs is 2. The van der Waals surface area contributed by atoms with Gasteiger partial charge in [0.1, 0.15) is 11.3 Å². The number of aryl methyl sites for hydroxylation is 2. The number of nitrogens with zero attached hydrogens (tertiary/aromatic N) is 2. The first-order chi connectivity index (χ1) is 15.4. The Labute approximate surface area is 193 Å². The highest BCUT2D eigenvalue weighted by Crippen LogP contribution is 2.43. The minimum atomic E-state index is -0.660. The molecule has 8 heteroatoms. The summed E-state index contributed by atoms with van der Waals surface area (Å²) in [7, 11) is 0. The van der Waals surface area contributed by atoms with Gasteiger partial charge < -0.3 is 9.15 Å². The van der Waals surface area contributed by atoms with E-state index in [4.69, 9.17) is 20.8 Å². The molecule has 0 radical (unpaired) electrons. The van der Waals surface area contributed by atoms with Crippen LogP contribution in [0.15, 0.2) is 51.7 Å². The molecule has 1 unspecified atom stereocenters. The van der Waals surface area contributed by atoms with Crippen LogP contribution in [0.1, 0.15) is 45.2 Å². The van der Waals surface area contributed by atoms with E-state index < -0.39 is 11.9 Å². The van der Waals surface area contributed by atoms with Gasteiger partial charge in [0.2, 0.25) is 5.76 Å². The van der Waals surface area contributed by atoms with Crippen molar-refractivity contribution < 1.29 is 13.9 Å². The molecule has 3 heterocycles. The molecule has 0 saturated carbocycles. The van der Waals surface area contributed by atoms with Crippen molar-refractivity contribution in [3.63, 3.8) is 0 Å². The van der Waals surface area contributed by atoms with Gasteiger partial charge in [-0.1, -0.05) is 23.7 Å². The third kappa shape index (κ3) is 3.20. The minimum Gasteiger partial charge on any atom is -0.494 e. The van der Waals surface area contributed by atoms with Crippen LogP contribution in [-0.2, 0) is 0 Å². The summed E-state index contributed by atoms with van der Waals surface area (Å²) < 4.78 is 11.6. The van der Waals surface area contributed by atoms with E-state index in [0.717, 1.165) is 16.1 Å². The predicted octanol–water partition coefficient (Wildman–Crippen LogP) is 5.67. The van der Waals surface area contributed by atoms with E-state index in [1.165, 1.54) is 11.3 Å². The van der Waals surface area contributed by atoms with Crippen LogP contribution in [0.3, 0.4) is 0 Å². The average molecular weight is 467 g/mol. The van der Waals surface area contributed by atoms with E-state index >= 15 is 0 Å². The summed E-state index contributed by atoms with van der Waals surface area (Å²) in [5.74, 6) is 0.210. The number of hydrogen-bond acceptors (Lipinski definition) is 6. The van der Waals surface area contributed by atoms with Gasteiger partial charge in [0, 0.05) is 16.0 Å². The van der Waals surface area contributed by atoms with Crippen molar-refractivity contribution in [2.24, 2.45) is 0 Å². The maximum absolute atomic E-state index is 13.6. The summed E-state index contributed by atoms with van der Waals surface area (Å²) in [6.45, 7) is 6.20. The van der Waals surface area contributed by atoms with E-state index in [1.807, 2.05) is 32.9 Å². The van der Waals surface area contributed by atoms with E-state index in [9.17, 15) is 9.59 Å². The van der Waals surface area contributed by atoms with Crippen LogP contribution in [-0.4, -0.2) is 17.5 Å². The molecule has 32 heavy (non-hydrogen) atoms. The zero-order chi connectivity index (χ0) is 22.6. The SMILES string of the molecule is CCOc1ccc2c(=O)c3c(oc2c1)C(=O)N(c1nc(C)c(C)s1)C3c1ccc(Cl)cc1. The molecular weight excluding hydrogens is 448 g/mol. The summed E-state index contributed by atoms with van der Waals surface area (Å²) in [5, 5.41) is 1.49. The highest BCUT2D eigenvalue weighted by molar-refractivity contribution is 7.15. The fourth-order valence-electron chi connectivity index (χ4n) is 3.92. The number of carbonyl (C=O) groups excluding carboxylic acids is 1. The molecule has 0 fully saturated rings. The first kappa shape index (κ1) is 20.7. The zero-order valence-corrected chi connectivity index (χ0v) is 19.2. The fraction of sp³-hybridized carbons (Fsp3) is 0.208. The summed E-state index contributed by atoms with van der Waals surface area (Å²) in [6, 6.07) is 11.5. The minimum absolute atomic E-state index is 0.0293. The van der Waals surface area contributed by atoms with Gasteiger partial charge >= 0.3 is 0 Å². The van der Waals surface area contributed by atoms with Crippen molar-refractivity contribution in [3.05, 3.63) is 85.2 Å². The average Bonchev–Trinajstić information content (AvgIpc) is 3.25. The van der Waals surface area contributed by atoms with Gasteiger partial charge in [-0.2, -0.15) is 0 Å². The van der Waals surface area contributed by atoms with Gasteiger partial charge in [0.25, 0.3) is 5.91 Å². The molecule has 6 nitrogen and oxygen atoms in total. The fourth-order valence-corrected chi connectivity index (χ4v) is 4.99. The number of thiazole rings is 1. The van der Waals surface area contributed by atoms with Crippen LogP contribution < -0.4 is 15.1 Å². The molecule has 0 aliphatic carbocycles. The Kier molecular flexibility index (Phi) is 5.03. The lowest BCUT2D eigenvalue weighted by molar-refractivity contribution is 0.0971. The van der Waals surface area contributed by atoms with Crippen molar-refractivity contribution in [1.82, 2.24) is 4.98 Å². The smallest absolute Gasteiger partial charge is 0.297 e. The maximum atomic E-state index is 13.6. The van der Waals surface area contributed by atoms with E-state index in [-0.39, 0.29) is 11.2 Å². The Morgan fingerprint density at radius 2 is 1.91 bits per heavy atom. The molecule has 162 valence electrons. The second kappa shape index (κ2) is 7.76. The molecule has 0 spiro atoms. The van der Waals surface area contributed by atoms with Crippen molar-refractivity contribution in [3.8, 4) is 5.75 Å². The second-order valence-corrected chi connectivity index (χ2v) is 9.15. The second-order valence-electron chi connectivity index (χ2n) is 7.53. The Bertz CT molecular complexity index is 1410. The molecule has 5 rings (SSSR count). The molecule has 4 aromatic rings. The van der Waals surface area contributed by atoms with Crippen LogP contribution >= 0.6 is 22.9 Å². The van der Waals surface area contributed by atoms with Crippen molar-refractivity contribution in [2.75, 3.05) is 11.5 Å². The Morgan fingerprint density at radius 1 is 1.16 bits per heavy atom. The molecule has 0 saturated heterocycles. The summed E-state index contributed by atoms with van der Waals surface area (Å²) >= 11 is 7.50. The van der Waals surface area contributed by atoms with Crippen LogP contribution in [0.2, 0.25) is 5.02 Å². The van der Waals surface area contributed by atoms with E-state index in [2.05, 4.69) is 4.98 Å². The van der Waals surface area contributed by atoms with Crippen molar-refractivity contribution >= 4 is 44.9 Å². The van der Waals surface area contributed by atoms with E-state index in [1.54, 1.807) is 35.2 Å². The maximum Gasteiger partial charge on any atom is 0.297 e. The number of benzene rings is 2. The summed E-state index contributed by atoms with van der Waals surface area (Å²) in [5.41, 5.74) is 1.97. The molecule has 1 aliphatic heterocycles. The summed E-state index contributed by atoms with van der Waals surface area (Å²) in [6.07, 6.45) is 0. The van der Waals surface area contributed by atoms with Crippen molar-refractivity contribution in [1.29, 1.82) is 0 Å². The Morgan fingerprint density at radius 3 is 2.56 bits per heavy atom. The molecular formula is C24H19ClN2O4S. The molecule has 2 aromatic heterocycles. The summed E-state index contributed by atoms with van der Waals surface area (Å²) in [4.78, 5) is 34.3. The van der Waals surface area contributed by atoms with Gasteiger partial charge in [-0.15, -0.1) is 11.3 Å². The normalized spacial score (nSPS) is 15.4. The highest BCUT2D eigenvalue weighted by Gasteiger charge is 2.45. The Balaban J connectivity index is 1.77. The number of ether oxygens (including phenoxy) is 1. The first-order valence-electron chi connectivity index (χ1n) is 10.2. The van der Waals surface area contributed by atoms with Crippen LogP contribution in [0.4, 0.5) is 5.13 Å². The molecule has 2 aromatic carbocycles. The van der Waals surface area contributed by atoms with Gasteiger partial charge in [-0.05, 0) is 50.6 Å². The zero-order valence-electron chi connectivity index (χ0n) is 17.6. The highest BCUT2D eigenvalue weighted by atomic mass is 35.5. The molecule has 0 N–H and O–H groups in total. The number of hydrogen-bond donors (Lipinski definition) is 0. The van der Waals surface area contributed by atoms with Gasteiger partial charge in [0.15, 0.2) is 10.6 Å². The number of halogens is 1. The topological polar surface area (TPSA) is 72.6 Å². The molecule has 1 amide bonds. The van der Waals surface area contributed by atoms with Crippen LogP contribution in [0.5, 0.6) is 5.75 Å². The van der Waals surface area contributed by atoms with Gasteiger partial charge in [-0.25, -0.2) is 4.98 Å².